The first-order valence-corrected chi connectivity index (χ1v) is 2.10. The zero-order valence-electron chi connectivity index (χ0n) is 3.81. The van der Waals surface area contributed by atoms with Crippen LogP contribution in [0.15, 0.2) is 0 Å². The first-order chi connectivity index (χ1) is 3.39. The Morgan fingerprint density at radius 2 is 2.71 bits per heavy atom. The molecule has 39 valence electrons. The van der Waals surface area contributed by atoms with Gasteiger partial charge in [0.25, 0.3) is 0 Å². The van der Waals surface area contributed by atoms with Crippen molar-refractivity contribution in [2.24, 2.45) is 0 Å². The molecule has 1 radical (unpaired) electrons. The summed E-state index contributed by atoms with van der Waals surface area (Å²) in [7, 11) is 0. The maximum Gasteiger partial charge on any atom is 0.308 e. The molecule has 7 heavy (non-hydrogen) atoms. The molecule has 0 aromatic rings. The summed E-state index contributed by atoms with van der Waals surface area (Å²) in [5.74, 6) is -0.154. The van der Waals surface area contributed by atoms with Crippen molar-refractivity contribution in [3.8, 4) is 0 Å². The average Bonchev–Trinajstić information content (AvgIpc) is 1.69. The molecular weight excluding hydrogens is 94.0 g/mol. The highest BCUT2D eigenvalue weighted by atomic mass is 16.5. The Hall–Kier alpha value is -0.570. The molecule has 1 saturated heterocycles. The number of hydrogen-bond donors (Lipinski definition) is 1. The van der Waals surface area contributed by atoms with Crippen LogP contribution in [0.1, 0.15) is 6.42 Å². The molecule has 1 aliphatic rings. The summed E-state index contributed by atoms with van der Waals surface area (Å²) < 4.78 is 4.50. The van der Waals surface area contributed by atoms with Crippen LogP contribution in [0.2, 0.25) is 0 Å². The highest BCUT2D eigenvalue weighted by Gasteiger charge is 2.06. The number of rotatable bonds is 0. The van der Waals surface area contributed by atoms with Crippen molar-refractivity contribution >= 4 is 5.97 Å². The lowest BCUT2D eigenvalue weighted by atomic mass is 10.4. The summed E-state index contributed by atoms with van der Waals surface area (Å²) in [4.78, 5) is 10.2. The summed E-state index contributed by atoms with van der Waals surface area (Å²) in [5.41, 5.74) is 0. The first kappa shape index (κ1) is 4.59. The van der Waals surface area contributed by atoms with E-state index >= 15 is 0 Å². The predicted molar refractivity (Wildman–Crippen MR) is 23.0 cm³/mol. The Kier molecular flexibility index (Phi) is 1.26. The second kappa shape index (κ2) is 1.93. The van der Waals surface area contributed by atoms with Crippen LogP contribution in [0.4, 0.5) is 0 Å². The van der Waals surface area contributed by atoms with Crippen LogP contribution in [-0.2, 0) is 9.53 Å². The summed E-state index contributed by atoms with van der Waals surface area (Å²) in [6.07, 6.45) is 0.389. The molecule has 0 aliphatic carbocycles. The fourth-order valence-corrected chi connectivity index (χ4v) is 0.396. The Labute approximate surface area is 41.7 Å². The molecule has 1 fully saturated rings. The lowest BCUT2D eigenvalue weighted by molar-refractivity contribution is -0.145. The molecular formula is C4H6NO2. The van der Waals surface area contributed by atoms with E-state index in [1.54, 1.807) is 6.54 Å². The zero-order chi connectivity index (χ0) is 5.11. The molecule has 1 aliphatic heterocycles. The second-order valence-electron chi connectivity index (χ2n) is 1.27. The van der Waals surface area contributed by atoms with Gasteiger partial charge < -0.3 is 4.74 Å². The van der Waals surface area contributed by atoms with Crippen LogP contribution in [0.25, 0.3) is 0 Å². The lowest BCUT2D eigenvalue weighted by Gasteiger charge is -2.09. The van der Waals surface area contributed by atoms with Gasteiger partial charge >= 0.3 is 5.97 Å². The van der Waals surface area contributed by atoms with E-state index in [1.807, 2.05) is 0 Å². The second-order valence-corrected chi connectivity index (χ2v) is 1.27. The molecule has 1 heterocycles. The predicted octanol–water partition coefficient (Wildman–Crippen LogP) is -0.358. The minimum Gasteiger partial charge on any atom is -0.450 e. The molecule has 0 saturated carbocycles. The monoisotopic (exact) mass is 100 g/mol. The number of esters is 1. The highest BCUT2D eigenvalue weighted by molar-refractivity contribution is 5.71. The number of hydrogen-bond acceptors (Lipinski definition) is 3. The molecule has 0 spiro atoms. The number of carbonyl (C=O) groups excluding carboxylic acids is 1. The first-order valence-electron chi connectivity index (χ1n) is 2.10. The van der Waals surface area contributed by atoms with E-state index in [2.05, 4.69) is 10.1 Å². The lowest BCUT2D eigenvalue weighted by Crippen LogP contribution is -2.25. The van der Waals surface area contributed by atoms with Crippen molar-refractivity contribution < 1.29 is 9.53 Å². The van der Waals surface area contributed by atoms with Gasteiger partial charge in [0.05, 0.1) is 6.42 Å². The standard InChI is InChI=1S/C4H6NO2/c6-4-1-2-5-3-7-4/h2,5H,1,3H2. The molecule has 0 atom stereocenters. The van der Waals surface area contributed by atoms with Gasteiger partial charge in [-0.05, 0) is 0 Å². The maximum atomic E-state index is 10.2. The minimum absolute atomic E-state index is 0.154. The molecule has 0 bridgehead atoms. The number of nitrogens with one attached hydrogen (secondary N) is 1. The molecule has 1 rings (SSSR count). The van der Waals surface area contributed by atoms with E-state index < -0.39 is 0 Å². The number of ether oxygens (including phenoxy) is 1. The quantitative estimate of drug-likeness (QED) is 0.422. The van der Waals surface area contributed by atoms with Crippen molar-refractivity contribution in [3.05, 3.63) is 6.54 Å². The molecule has 3 nitrogen and oxygen atoms in total. The Morgan fingerprint density at radius 1 is 1.86 bits per heavy atom. The van der Waals surface area contributed by atoms with Gasteiger partial charge in [-0.3, -0.25) is 10.1 Å². The minimum atomic E-state index is -0.154. The fourth-order valence-electron chi connectivity index (χ4n) is 0.396. The van der Waals surface area contributed by atoms with E-state index in [4.69, 9.17) is 0 Å². The van der Waals surface area contributed by atoms with Gasteiger partial charge in [-0.15, -0.1) is 0 Å². The fraction of sp³-hybridized carbons (Fsp3) is 0.500. The van der Waals surface area contributed by atoms with Crippen LogP contribution < -0.4 is 5.32 Å². The van der Waals surface area contributed by atoms with Gasteiger partial charge in [-0.2, -0.15) is 0 Å². The molecule has 3 heteroatoms. The SMILES string of the molecule is O=C1C[CH]NCO1. The Balaban J connectivity index is 2.25. The average molecular weight is 100 g/mol. The van der Waals surface area contributed by atoms with E-state index in [-0.39, 0.29) is 5.97 Å². The zero-order valence-corrected chi connectivity index (χ0v) is 3.81. The van der Waals surface area contributed by atoms with Crippen LogP contribution in [0.3, 0.4) is 0 Å². The van der Waals surface area contributed by atoms with Crippen LogP contribution in [0.5, 0.6) is 0 Å². The van der Waals surface area contributed by atoms with Gasteiger partial charge in [0.15, 0.2) is 0 Å². The third-order valence-corrected chi connectivity index (χ3v) is 0.730. The summed E-state index contributed by atoms with van der Waals surface area (Å²) in [5, 5.41) is 2.75. The smallest absolute Gasteiger partial charge is 0.308 e. The molecule has 0 amide bonds. The van der Waals surface area contributed by atoms with Gasteiger partial charge in [-0.1, -0.05) is 0 Å². The number of cyclic esters (lactones) is 1. The van der Waals surface area contributed by atoms with E-state index in [0.717, 1.165) is 0 Å². The Bertz CT molecular complexity index is 73.8. The largest absolute Gasteiger partial charge is 0.450 e. The van der Waals surface area contributed by atoms with Crippen LogP contribution >= 0.6 is 0 Å². The van der Waals surface area contributed by atoms with Crippen molar-refractivity contribution in [2.45, 2.75) is 6.42 Å². The normalized spacial score (nSPS) is 21.4. The van der Waals surface area contributed by atoms with E-state index in [1.165, 1.54) is 0 Å². The van der Waals surface area contributed by atoms with Crippen molar-refractivity contribution in [1.82, 2.24) is 5.32 Å². The molecule has 0 unspecified atom stereocenters. The highest BCUT2D eigenvalue weighted by Crippen LogP contribution is 1.92. The van der Waals surface area contributed by atoms with E-state index in [0.29, 0.717) is 13.2 Å². The topological polar surface area (TPSA) is 38.3 Å². The Morgan fingerprint density at radius 3 is 3.00 bits per heavy atom. The summed E-state index contributed by atoms with van der Waals surface area (Å²) >= 11 is 0. The van der Waals surface area contributed by atoms with Gasteiger partial charge in [0.2, 0.25) is 0 Å². The summed E-state index contributed by atoms with van der Waals surface area (Å²) in [6, 6.07) is 0. The molecule has 1 N–H and O–H groups in total. The van der Waals surface area contributed by atoms with E-state index in [9.17, 15) is 4.79 Å². The van der Waals surface area contributed by atoms with Gasteiger partial charge in [0, 0.05) is 6.54 Å². The van der Waals surface area contributed by atoms with Gasteiger partial charge in [0.1, 0.15) is 6.73 Å². The van der Waals surface area contributed by atoms with Crippen molar-refractivity contribution in [2.75, 3.05) is 6.73 Å². The summed E-state index contributed by atoms with van der Waals surface area (Å²) in [6.45, 7) is 2.02. The third-order valence-electron chi connectivity index (χ3n) is 0.730. The third kappa shape index (κ3) is 1.16. The van der Waals surface area contributed by atoms with Crippen LogP contribution in [-0.4, -0.2) is 12.7 Å². The maximum absolute atomic E-state index is 10.2. The van der Waals surface area contributed by atoms with Crippen molar-refractivity contribution in [3.63, 3.8) is 0 Å². The van der Waals surface area contributed by atoms with Crippen molar-refractivity contribution in [1.29, 1.82) is 0 Å². The van der Waals surface area contributed by atoms with Crippen LogP contribution in [0, 0.1) is 6.54 Å². The molecule has 0 aromatic heterocycles. The molecule has 0 aromatic carbocycles. The van der Waals surface area contributed by atoms with Gasteiger partial charge in [-0.25, -0.2) is 0 Å². The number of carbonyl (C=O) groups is 1.